The third-order valence-corrected chi connectivity index (χ3v) is 4.83. The molecule has 2 heteroatoms. The summed E-state index contributed by atoms with van der Waals surface area (Å²) in [4.78, 5) is 0. The summed E-state index contributed by atoms with van der Waals surface area (Å²) in [6.45, 7) is 9.27. The molecule has 0 aromatic heterocycles. The third kappa shape index (κ3) is 4.24. The van der Waals surface area contributed by atoms with E-state index in [1.807, 2.05) is 7.11 Å². The number of hydrogen-bond acceptors (Lipinski definition) is 2. The van der Waals surface area contributed by atoms with Crippen molar-refractivity contribution in [2.75, 3.05) is 7.11 Å². The second-order valence-corrected chi connectivity index (χ2v) is 7.36. The molecule has 1 aliphatic carbocycles. The summed E-state index contributed by atoms with van der Waals surface area (Å²) in [5.41, 5.74) is 6.87. The van der Waals surface area contributed by atoms with Crippen LogP contribution in [0.5, 0.6) is 0 Å². The molecule has 1 fully saturated rings. The summed E-state index contributed by atoms with van der Waals surface area (Å²) in [6.07, 6.45) is 8.33. The van der Waals surface area contributed by atoms with Crippen LogP contribution in [0, 0.1) is 11.3 Å². The van der Waals surface area contributed by atoms with Gasteiger partial charge in [0.15, 0.2) is 0 Å². The number of ether oxygens (including phenoxy) is 1. The van der Waals surface area contributed by atoms with Gasteiger partial charge in [-0.15, -0.1) is 0 Å². The van der Waals surface area contributed by atoms with Crippen molar-refractivity contribution >= 4 is 0 Å². The molecule has 0 aliphatic heterocycles. The molecule has 0 radical (unpaired) electrons. The normalized spacial score (nSPS) is 24.2. The first kappa shape index (κ1) is 16.0. The Morgan fingerprint density at radius 1 is 1.06 bits per heavy atom. The van der Waals surface area contributed by atoms with E-state index in [-0.39, 0.29) is 11.6 Å². The molecule has 1 aliphatic rings. The predicted octanol–water partition coefficient (Wildman–Crippen LogP) is 4.13. The number of methoxy groups -OCH3 is 1. The van der Waals surface area contributed by atoms with Crippen LogP contribution in [0.25, 0.3) is 0 Å². The van der Waals surface area contributed by atoms with E-state index in [9.17, 15) is 0 Å². The topological polar surface area (TPSA) is 35.2 Å². The summed E-state index contributed by atoms with van der Waals surface area (Å²) in [6, 6.07) is 0.206. The van der Waals surface area contributed by atoms with Crippen LogP contribution in [0.15, 0.2) is 0 Å². The highest BCUT2D eigenvalue weighted by molar-refractivity contribution is 4.97. The zero-order valence-corrected chi connectivity index (χ0v) is 13.1. The summed E-state index contributed by atoms with van der Waals surface area (Å²) >= 11 is 0. The standard InChI is InChI=1S/C16H33NO/c1-13(2)7-6-8-14(17)16(18-5)11-9-15(3,4)10-12-16/h13-14H,6-12,17H2,1-5H3. The lowest BCUT2D eigenvalue weighted by Gasteiger charge is -2.46. The van der Waals surface area contributed by atoms with Gasteiger partial charge in [-0.25, -0.2) is 0 Å². The maximum absolute atomic E-state index is 6.44. The summed E-state index contributed by atoms with van der Waals surface area (Å²) in [5, 5.41) is 0. The minimum atomic E-state index is -0.0491. The Morgan fingerprint density at radius 2 is 1.61 bits per heavy atom. The Balaban J connectivity index is 2.49. The molecule has 0 aromatic carbocycles. The van der Waals surface area contributed by atoms with E-state index in [0.29, 0.717) is 5.41 Å². The van der Waals surface area contributed by atoms with E-state index in [0.717, 1.165) is 25.2 Å². The zero-order chi connectivity index (χ0) is 13.8. The number of rotatable bonds is 6. The lowest BCUT2D eigenvalue weighted by molar-refractivity contribution is -0.0801. The van der Waals surface area contributed by atoms with E-state index in [4.69, 9.17) is 10.5 Å². The van der Waals surface area contributed by atoms with Gasteiger partial charge in [0.05, 0.1) is 5.60 Å². The van der Waals surface area contributed by atoms with Crippen LogP contribution in [0.3, 0.4) is 0 Å². The average Bonchev–Trinajstić information content (AvgIpc) is 2.29. The van der Waals surface area contributed by atoms with Gasteiger partial charge in [0.2, 0.25) is 0 Å². The van der Waals surface area contributed by atoms with Gasteiger partial charge in [0, 0.05) is 13.2 Å². The minimum Gasteiger partial charge on any atom is -0.377 e. The third-order valence-electron chi connectivity index (χ3n) is 4.83. The fraction of sp³-hybridized carbons (Fsp3) is 1.00. The average molecular weight is 255 g/mol. The monoisotopic (exact) mass is 255 g/mol. The first-order valence-electron chi connectivity index (χ1n) is 7.62. The quantitative estimate of drug-likeness (QED) is 0.774. The van der Waals surface area contributed by atoms with Crippen molar-refractivity contribution in [3.8, 4) is 0 Å². The van der Waals surface area contributed by atoms with E-state index in [1.165, 1.54) is 25.7 Å². The molecule has 0 saturated heterocycles. The lowest BCUT2D eigenvalue weighted by Crippen LogP contribution is -2.52. The SMILES string of the molecule is COC1(C(N)CCCC(C)C)CCC(C)(C)CC1. The van der Waals surface area contributed by atoms with Gasteiger partial charge in [-0.1, -0.05) is 40.5 Å². The molecular formula is C16H33NO. The Kier molecular flexibility index (Phi) is 5.67. The van der Waals surface area contributed by atoms with Gasteiger partial charge in [-0.05, 0) is 43.4 Å². The van der Waals surface area contributed by atoms with Gasteiger partial charge in [-0.2, -0.15) is 0 Å². The van der Waals surface area contributed by atoms with Gasteiger partial charge in [0.1, 0.15) is 0 Å². The van der Waals surface area contributed by atoms with Crippen molar-refractivity contribution in [1.29, 1.82) is 0 Å². The molecule has 0 bridgehead atoms. The highest BCUT2D eigenvalue weighted by atomic mass is 16.5. The molecule has 2 N–H and O–H groups in total. The predicted molar refractivity (Wildman–Crippen MR) is 78.7 cm³/mol. The van der Waals surface area contributed by atoms with Gasteiger partial charge in [0.25, 0.3) is 0 Å². The lowest BCUT2D eigenvalue weighted by atomic mass is 9.68. The van der Waals surface area contributed by atoms with Crippen molar-refractivity contribution in [2.24, 2.45) is 17.1 Å². The van der Waals surface area contributed by atoms with Crippen LogP contribution >= 0.6 is 0 Å². The molecular weight excluding hydrogens is 222 g/mol. The molecule has 1 rings (SSSR count). The van der Waals surface area contributed by atoms with Crippen molar-refractivity contribution in [1.82, 2.24) is 0 Å². The number of hydrogen-bond donors (Lipinski definition) is 1. The van der Waals surface area contributed by atoms with Crippen LogP contribution in [0.4, 0.5) is 0 Å². The van der Waals surface area contributed by atoms with Crippen molar-refractivity contribution in [2.45, 2.75) is 84.3 Å². The van der Waals surface area contributed by atoms with Crippen LogP contribution < -0.4 is 5.73 Å². The maximum atomic E-state index is 6.44. The Bertz CT molecular complexity index is 237. The zero-order valence-electron chi connectivity index (χ0n) is 13.1. The highest BCUT2D eigenvalue weighted by Crippen LogP contribution is 2.43. The van der Waals surface area contributed by atoms with Crippen LogP contribution in [-0.4, -0.2) is 18.8 Å². The molecule has 2 nitrogen and oxygen atoms in total. The van der Waals surface area contributed by atoms with Crippen LogP contribution in [0.1, 0.15) is 72.6 Å². The summed E-state index contributed by atoms with van der Waals surface area (Å²) in [7, 11) is 1.85. The minimum absolute atomic E-state index is 0.0491. The Hall–Kier alpha value is -0.0800. The van der Waals surface area contributed by atoms with Gasteiger partial charge < -0.3 is 10.5 Å². The molecule has 108 valence electrons. The summed E-state index contributed by atoms with van der Waals surface area (Å²) < 4.78 is 5.87. The Morgan fingerprint density at radius 3 is 2.06 bits per heavy atom. The summed E-state index contributed by atoms with van der Waals surface area (Å²) in [5.74, 6) is 0.779. The molecule has 0 heterocycles. The van der Waals surface area contributed by atoms with E-state index in [1.54, 1.807) is 0 Å². The molecule has 0 amide bonds. The van der Waals surface area contributed by atoms with E-state index < -0.39 is 0 Å². The Labute approximate surface area is 114 Å². The first-order valence-corrected chi connectivity index (χ1v) is 7.62. The van der Waals surface area contributed by atoms with Crippen molar-refractivity contribution < 1.29 is 4.74 Å². The second-order valence-electron chi connectivity index (χ2n) is 7.36. The molecule has 0 spiro atoms. The highest BCUT2D eigenvalue weighted by Gasteiger charge is 2.42. The molecule has 1 saturated carbocycles. The van der Waals surface area contributed by atoms with Gasteiger partial charge >= 0.3 is 0 Å². The van der Waals surface area contributed by atoms with E-state index >= 15 is 0 Å². The number of nitrogens with two attached hydrogens (primary N) is 1. The van der Waals surface area contributed by atoms with E-state index in [2.05, 4.69) is 27.7 Å². The molecule has 18 heavy (non-hydrogen) atoms. The fourth-order valence-corrected chi connectivity index (χ4v) is 3.09. The molecule has 1 unspecified atom stereocenters. The van der Waals surface area contributed by atoms with Gasteiger partial charge in [-0.3, -0.25) is 0 Å². The van der Waals surface area contributed by atoms with Crippen LogP contribution in [0.2, 0.25) is 0 Å². The van der Waals surface area contributed by atoms with Crippen molar-refractivity contribution in [3.63, 3.8) is 0 Å². The smallest absolute Gasteiger partial charge is 0.0829 e. The second kappa shape index (κ2) is 6.38. The largest absolute Gasteiger partial charge is 0.377 e. The van der Waals surface area contributed by atoms with Crippen molar-refractivity contribution in [3.05, 3.63) is 0 Å². The molecule has 0 aromatic rings. The maximum Gasteiger partial charge on any atom is 0.0829 e. The van der Waals surface area contributed by atoms with Crippen LogP contribution in [-0.2, 0) is 4.74 Å². The molecule has 1 atom stereocenters. The fourth-order valence-electron chi connectivity index (χ4n) is 3.09. The first-order chi connectivity index (χ1) is 8.31.